The monoisotopic (exact) mass is 390 g/mol. The second-order valence-corrected chi connectivity index (χ2v) is 7.56. The van der Waals surface area contributed by atoms with Crippen LogP contribution in [0.25, 0.3) is 10.1 Å². The normalized spacial score (nSPS) is 19.4. The number of amides is 2. The topological polar surface area (TPSA) is 105 Å². The molecule has 2 aromatic rings. The number of rotatable bonds is 5. The summed E-state index contributed by atoms with van der Waals surface area (Å²) in [6.45, 7) is 1.99. The predicted octanol–water partition coefficient (Wildman–Crippen LogP) is 3.84. The summed E-state index contributed by atoms with van der Waals surface area (Å²) in [5, 5.41) is 15.9. The number of carbonyl (C=O) groups is 3. The van der Waals surface area contributed by atoms with E-state index in [1.165, 1.54) is 11.3 Å². The molecule has 0 bridgehead atoms. The zero-order valence-electron chi connectivity index (χ0n) is 15.0. The van der Waals surface area contributed by atoms with Crippen LogP contribution in [-0.2, 0) is 9.53 Å². The average Bonchev–Trinajstić information content (AvgIpc) is 3.00. The third kappa shape index (κ3) is 4.39. The highest BCUT2D eigenvalue weighted by atomic mass is 32.1. The van der Waals surface area contributed by atoms with E-state index in [1.807, 2.05) is 24.3 Å². The number of urea groups is 1. The highest BCUT2D eigenvalue weighted by Crippen LogP contribution is 2.36. The number of fused-ring (bicyclic) bond motifs is 1. The number of carboxylic acid groups (broad SMARTS) is 1. The molecule has 1 saturated carbocycles. The van der Waals surface area contributed by atoms with Gasteiger partial charge in [0, 0.05) is 16.1 Å². The lowest BCUT2D eigenvalue weighted by molar-refractivity contribution is -0.142. The van der Waals surface area contributed by atoms with Gasteiger partial charge in [0.2, 0.25) is 0 Å². The van der Waals surface area contributed by atoms with Crippen LogP contribution < -0.4 is 10.6 Å². The van der Waals surface area contributed by atoms with Crippen molar-refractivity contribution in [2.45, 2.75) is 38.6 Å². The van der Waals surface area contributed by atoms with Crippen molar-refractivity contribution in [3.8, 4) is 0 Å². The molecular formula is C19H22N2O5S. The Hall–Kier alpha value is -2.61. The quantitative estimate of drug-likeness (QED) is 0.673. The second kappa shape index (κ2) is 8.39. The number of carbonyl (C=O) groups excluding carboxylic acids is 2. The number of nitrogens with one attached hydrogen (secondary N) is 2. The number of anilines is 1. The maximum Gasteiger partial charge on any atom is 0.341 e. The number of carboxylic acids is 1. The summed E-state index contributed by atoms with van der Waals surface area (Å²) in [4.78, 5) is 35.8. The fourth-order valence-electron chi connectivity index (χ4n) is 3.35. The Morgan fingerprint density at radius 1 is 1.19 bits per heavy atom. The number of ether oxygens (including phenoxy) is 1. The molecule has 0 atom stereocenters. The Morgan fingerprint density at radius 3 is 2.56 bits per heavy atom. The van der Waals surface area contributed by atoms with E-state index in [2.05, 4.69) is 10.6 Å². The number of aliphatic carboxylic acids is 1. The number of thiophene rings is 1. The van der Waals surface area contributed by atoms with Crippen molar-refractivity contribution in [2.24, 2.45) is 5.92 Å². The Kier molecular flexibility index (Phi) is 5.95. The van der Waals surface area contributed by atoms with Gasteiger partial charge in [0.15, 0.2) is 0 Å². The second-order valence-electron chi connectivity index (χ2n) is 6.51. The molecule has 3 N–H and O–H groups in total. The first kappa shape index (κ1) is 19.2. The maximum atomic E-state index is 12.4. The van der Waals surface area contributed by atoms with Crippen LogP contribution in [0.5, 0.6) is 0 Å². The third-order valence-electron chi connectivity index (χ3n) is 4.71. The Balaban J connectivity index is 1.70. The number of benzene rings is 1. The van der Waals surface area contributed by atoms with Crippen LogP contribution in [0.4, 0.5) is 9.80 Å². The molecule has 0 saturated heterocycles. The van der Waals surface area contributed by atoms with Gasteiger partial charge < -0.3 is 15.2 Å². The van der Waals surface area contributed by atoms with Crippen molar-refractivity contribution in [1.29, 1.82) is 0 Å². The molecule has 8 heteroatoms. The molecule has 1 aromatic carbocycles. The molecule has 2 amide bonds. The van der Waals surface area contributed by atoms with Crippen molar-refractivity contribution < 1.29 is 24.2 Å². The van der Waals surface area contributed by atoms with Crippen LogP contribution in [0.2, 0.25) is 0 Å². The fraction of sp³-hybridized carbons (Fsp3) is 0.421. The molecule has 1 aliphatic rings. The summed E-state index contributed by atoms with van der Waals surface area (Å²) in [7, 11) is 0. The van der Waals surface area contributed by atoms with Gasteiger partial charge in [-0.2, -0.15) is 0 Å². The lowest BCUT2D eigenvalue weighted by Crippen LogP contribution is -2.41. The zero-order chi connectivity index (χ0) is 19.4. The summed E-state index contributed by atoms with van der Waals surface area (Å²) >= 11 is 1.32. The number of hydrogen-bond donors (Lipinski definition) is 3. The summed E-state index contributed by atoms with van der Waals surface area (Å²) < 4.78 is 6.03. The van der Waals surface area contributed by atoms with Gasteiger partial charge in [-0.25, -0.2) is 9.59 Å². The molecular weight excluding hydrogens is 368 g/mol. The van der Waals surface area contributed by atoms with Gasteiger partial charge in [0.1, 0.15) is 10.6 Å². The maximum absolute atomic E-state index is 12.4. The number of hydrogen-bond acceptors (Lipinski definition) is 5. The first-order valence-corrected chi connectivity index (χ1v) is 9.80. The standard InChI is InChI=1S/C19H22N2O5S/c1-2-26-18(24)15-13-5-3-4-6-14(13)27-16(15)21-19(25)20-12-9-7-11(8-10-12)17(22)23/h3-6,11-12H,2,7-10H2,1H3,(H,22,23)(H2,20,21,25). The van der Waals surface area contributed by atoms with Crippen molar-refractivity contribution in [3.63, 3.8) is 0 Å². The van der Waals surface area contributed by atoms with E-state index in [9.17, 15) is 14.4 Å². The molecule has 144 valence electrons. The fourth-order valence-corrected chi connectivity index (χ4v) is 4.43. The Labute approximate surface area is 160 Å². The minimum absolute atomic E-state index is 0.0685. The smallest absolute Gasteiger partial charge is 0.341 e. The van der Waals surface area contributed by atoms with Gasteiger partial charge in [0.05, 0.1) is 12.5 Å². The summed E-state index contributed by atoms with van der Waals surface area (Å²) in [6, 6.07) is 6.96. The molecule has 27 heavy (non-hydrogen) atoms. The molecule has 0 unspecified atom stereocenters. The summed E-state index contributed by atoms with van der Waals surface area (Å²) in [5.74, 6) is -1.57. The molecule has 1 fully saturated rings. The van der Waals surface area contributed by atoms with Crippen LogP contribution >= 0.6 is 11.3 Å². The largest absolute Gasteiger partial charge is 0.481 e. The van der Waals surface area contributed by atoms with Gasteiger partial charge in [-0.05, 0) is 38.7 Å². The molecule has 1 heterocycles. The van der Waals surface area contributed by atoms with Crippen molar-refractivity contribution in [1.82, 2.24) is 5.32 Å². The lowest BCUT2D eigenvalue weighted by Gasteiger charge is -2.26. The molecule has 0 spiro atoms. The van der Waals surface area contributed by atoms with Crippen LogP contribution in [-0.4, -0.2) is 35.7 Å². The lowest BCUT2D eigenvalue weighted by atomic mass is 9.86. The molecule has 0 radical (unpaired) electrons. The molecule has 1 aromatic heterocycles. The molecule has 1 aliphatic carbocycles. The highest BCUT2D eigenvalue weighted by Gasteiger charge is 2.27. The van der Waals surface area contributed by atoms with Gasteiger partial charge >= 0.3 is 18.0 Å². The Morgan fingerprint density at radius 2 is 1.89 bits per heavy atom. The molecule has 7 nitrogen and oxygen atoms in total. The molecule has 3 rings (SSSR count). The number of esters is 1. The summed E-state index contributed by atoms with van der Waals surface area (Å²) in [5.41, 5.74) is 0.363. The van der Waals surface area contributed by atoms with Gasteiger partial charge in [-0.1, -0.05) is 18.2 Å². The Bertz CT molecular complexity index is 855. The van der Waals surface area contributed by atoms with E-state index in [0.717, 1.165) is 10.1 Å². The van der Waals surface area contributed by atoms with E-state index in [4.69, 9.17) is 9.84 Å². The highest BCUT2D eigenvalue weighted by molar-refractivity contribution is 7.23. The average molecular weight is 390 g/mol. The minimum atomic E-state index is -0.776. The van der Waals surface area contributed by atoms with Gasteiger partial charge in [0.25, 0.3) is 0 Å². The van der Waals surface area contributed by atoms with Crippen molar-refractivity contribution in [3.05, 3.63) is 29.8 Å². The third-order valence-corrected chi connectivity index (χ3v) is 5.80. The van der Waals surface area contributed by atoms with Crippen molar-refractivity contribution in [2.75, 3.05) is 11.9 Å². The SMILES string of the molecule is CCOC(=O)c1c(NC(=O)NC2CCC(C(=O)O)CC2)sc2ccccc12. The van der Waals surface area contributed by atoms with Crippen LogP contribution in [0.3, 0.4) is 0 Å². The van der Waals surface area contributed by atoms with E-state index in [0.29, 0.717) is 36.2 Å². The first-order chi connectivity index (χ1) is 13.0. The van der Waals surface area contributed by atoms with Crippen LogP contribution in [0.1, 0.15) is 43.0 Å². The van der Waals surface area contributed by atoms with Gasteiger partial charge in [-0.15, -0.1) is 11.3 Å². The van der Waals surface area contributed by atoms with E-state index in [-0.39, 0.29) is 18.6 Å². The zero-order valence-corrected chi connectivity index (χ0v) is 15.8. The van der Waals surface area contributed by atoms with Crippen LogP contribution in [0.15, 0.2) is 24.3 Å². The van der Waals surface area contributed by atoms with Crippen molar-refractivity contribution >= 4 is 44.4 Å². The van der Waals surface area contributed by atoms with E-state index in [1.54, 1.807) is 6.92 Å². The van der Waals surface area contributed by atoms with E-state index >= 15 is 0 Å². The van der Waals surface area contributed by atoms with E-state index < -0.39 is 18.0 Å². The predicted molar refractivity (Wildman–Crippen MR) is 103 cm³/mol. The van der Waals surface area contributed by atoms with Crippen LogP contribution in [0, 0.1) is 5.92 Å². The van der Waals surface area contributed by atoms with Gasteiger partial charge in [-0.3, -0.25) is 10.1 Å². The minimum Gasteiger partial charge on any atom is -0.481 e. The molecule has 0 aliphatic heterocycles. The first-order valence-electron chi connectivity index (χ1n) is 8.98. The summed E-state index contributed by atoms with van der Waals surface area (Å²) in [6.07, 6.45) is 2.36.